The summed E-state index contributed by atoms with van der Waals surface area (Å²) in [5.41, 5.74) is 0. The van der Waals surface area contributed by atoms with Crippen molar-refractivity contribution >= 4 is 11.8 Å². The van der Waals surface area contributed by atoms with Gasteiger partial charge in [0.2, 0.25) is 11.8 Å². The van der Waals surface area contributed by atoms with Crippen molar-refractivity contribution in [2.24, 2.45) is 0 Å². The first-order valence-electron chi connectivity index (χ1n) is 26.5. The highest BCUT2D eigenvalue weighted by Crippen LogP contribution is 2.39. The van der Waals surface area contributed by atoms with Crippen molar-refractivity contribution in [2.45, 2.75) is 236 Å². The summed E-state index contributed by atoms with van der Waals surface area (Å²) in [6.07, 6.45) is -64.1. The van der Waals surface area contributed by atoms with Gasteiger partial charge in [-0.05, 0) is 6.92 Å². The van der Waals surface area contributed by atoms with E-state index in [9.17, 15) is 112 Å². The largest absolute Gasteiger partial charge is 0.394 e. The zero-order chi connectivity index (χ0) is 61.2. The number of carbonyl (C=O) groups is 2. The Hall–Kier alpha value is -2.38. The van der Waals surface area contributed by atoms with E-state index in [0.29, 0.717) is 0 Å². The molecule has 0 bridgehead atoms. The van der Waals surface area contributed by atoms with Crippen LogP contribution < -0.4 is 10.6 Å². The minimum atomic E-state index is -2.39. The molecule has 0 radical (unpaired) electrons. The average Bonchev–Trinajstić information content (AvgIpc) is 3.60. The third kappa shape index (κ3) is 14.5. The van der Waals surface area contributed by atoms with Crippen LogP contribution in [0.4, 0.5) is 0 Å². The third-order valence-electron chi connectivity index (χ3n) is 15.3. The van der Waals surface area contributed by atoms with E-state index in [1.54, 1.807) is 0 Å². The molecule has 7 saturated heterocycles. The van der Waals surface area contributed by atoms with Gasteiger partial charge in [-0.2, -0.15) is 0 Å². The zero-order valence-corrected chi connectivity index (χ0v) is 44.5. The van der Waals surface area contributed by atoms with Crippen LogP contribution in [0.2, 0.25) is 0 Å². The second-order valence-electron chi connectivity index (χ2n) is 21.0. The fourth-order valence-electron chi connectivity index (χ4n) is 10.7. The summed E-state index contributed by atoms with van der Waals surface area (Å²) in [6, 6.07) is -3.52. The van der Waals surface area contributed by atoms with E-state index < -0.39 is 266 Å². The highest BCUT2D eigenvalue weighted by molar-refractivity contribution is 5.73. The van der Waals surface area contributed by atoms with Gasteiger partial charge in [0.1, 0.15) is 165 Å². The van der Waals surface area contributed by atoms with Gasteiger partial charge in [0.15, 0.2) is 44.0 Å². The molecule has 0 unspecified atom stereocenters. The molecule has 37 heteroatoms. The van der Waals surface area contributed by atoms with Crippen LogP contribution in [-0.2, 0) is 71.2 Å². The Kier molecular flexibility index (Phi) is 24.0. The Labute approximate surface area is 470 Å². The predicted molar refractivity (Wildman–Crippen MR) is 254 cm³/mol. The van der Waals surface area contributed by atoms with Crippen LogP contribution in [0.5, 0.6) is 0 Å². The lowest BCUT2D eigenvalue weighted by Crippen LogP contribution is -2.71. The second-order valence-corrected chi connectivity index (χ2v) is 21.0. The van der Waals surface area contributed by atoms with Crippen molar-refractivity contribution in [3.05, 3.63) is 0 Å². The van der Waals surface area contributed by atoms with Crippen molar-refractivity contribution in [3.8, 4) is 0 Å². The fourth-order valence-corrected chi connectivity index (χ4v) is 10.7. The summed E-state index contributed by atoms with van der Waals surface area (Å²) in [6.45, 7) is -2.90. The van der Waals surface area contributed by atoms with Gasteiger partial charge in [0, 0.05) is 13.8 Å². The Balaban J connectivity index is 1.18. The van der Waals surface area contributed by atoms with Crippen molar-refractivity contribution in [1.82, 2.24) is 10.6 Å². The average molecular weight is 1220 g/mol. The topological polar surface area (TPSA) is 583 Å². The maximum Gasteiger partial charge on any atom is 0.217 e. The summed E-state index contributed by atoms with van der Waals surface area (Å²) in [5.74, 6) is -1.68. The molecule has 0 aliphatic carbocycles. The highest BCUT2D eigenvalue weighted by atomic mass is 16.8. The molecule has 0 saturated carbocycles. The van der Waals surface area contributed by atoms with Crippen LogP contribution in [0.1, 0.15) is 20.8 Å². The van der Waals surface area contributed by atoms with Gasteiger partial charge in [0.25, 0.3) is 0 Å². The van der Waals surface area contributed by atoms with Gasteiger partial charge < -0.3 is 174 Å². The molecule has 7 rings (SSSR count). The van der Waals surface area contributed by atoms with E-state index in [1.807, 2.05) is 0 Å². The number of aliphatic hydroxyl groups is 20. The molecule has 7 heterocycles. The molecule has 0 spiro atoms. The number of carbonyl (C=O) groups excluding carboxylic acids is 2. The number of nitrogens with one attached hydrogen (secondary N) is 2. The SMILES string of the molecule is CC(=O)N[C@@H]1[C@@H](O[C@@H]2O[C@@H](C)[C@@H](O)[C@@H](O)[C@@H]2O)[C@H](O[C@@H]2O[C@H](CO)[C@@H](O[C@@H]3O[C@H](CO)[C@@H](O[C@@H]4O[C@H](CO)[C@H](O)[C@H](O)[C@H]4O)[C@H](O[C@H]4O[C@H](CO)[C@@H](O[C@H]5O[C@H](CO)[C@H](O)[C@H](O)[C@H]5O)[C@H](O)[C@@H]4O)[C@@H]3O)[C@H](O)[C@H]2NC(C)=O)[C@@H](CO)O[C@H]1O. The Bertz CT molecular complexity index is 2040. The predicted octanol–water partition coefficient (Wildman–Crippen LogP) is -15.0. The first-order valence-corrected chi connectivity index (χ1v) is 26.5. The molecule has 0 aromatic carbocycles. The molecule has 7 aliphatic rings. The monoisotopic (exact) mass is 1220 g/mol. The minimum absolute atomic E-state index is 0.792. The Morgan fingerprint density at radius 1 is 0.313 bits per heavy atom. The molecule has 0 aromatic rings. The fraction of sp³-hybridized carbons (Fsp3) is 0.957. The summed E-state index contributed by atoms with van der Waals surface area (Å²) in [7, 11) is 0. The molecular formula is C46H78N2O35. The van der Waals surface area contributed by atoms with E-state index in [4.69, 9.17) is 61.6 Å². The molecule has 482 valence electrons. The van der Waals surface area contributed by atoms with Crippen LogP contribution in [0.15, 0.2) is 0 Å². The van der Waals surface area contributed by atoms with Gasteiger partial charge in [-0.3, -0.25) is 9.59 Å². The quantitative estimate of drug-likeness (QED) is 0.0538. The molecule has 83 heavy (non-hydrogen) atoms. The minimum Gasteiger partial charge on any atom is -0.394 e. The summed E-state index contributed by atoms with van der Waals surface area (Å²) in [5, 5.41) is 221. The van der Waals surface area contributed by atoms with Crippen molar-refractivity contribution in [3.63, 3.8) is 0 Å². The van der Waals surface area contributed by atoms with Gasteiger partial charge >= 0.3 is 0 Å². The van der Waals surface area contributed by atoms with Crippen LogP contribution in [0.3, 0.4) is 0 Å². The first kappa shape index (κ1) is 68.1. The van der Waals surface area contributed by atoms with Gasteiger partial charge in [-0.1, -0.05) is 0 Å². The van der Waals surface area contributed by atoms with Crippen LogP contribution in [0, 0.1) is 0 Å². The lowest BCUT2D eigenvalue weighted by atomic mass is 9.93. The van der Waals surface area contributed by atoms with E-state index in [2.05, 4.69) is 10.6 Å². The molecular weight excluding hydrogens is 1140 g/mol. The molecule has 0 aromatic heterocycles. The van der Waals surface area contributed by atoms with Crippen molar-refractivity contribution < 1.29 is 173 Å². The van der Waals surface area contributed by atoms with E-state index in [-0.39, 0.29) is 0 Å². The summed E-state index contributed by atoms with van der Waals surface area (Å²) < 4.78 is 75.7. The highest BCUT2D eigenvalue weighted by Gasteiger charge is 2.60. The van der Waals surface area contributed by atoms with E-state index in [0.717, 1.165) is 13.8 Å². The Morgan fingerprint density at radius 3 is 1.10 bits per heavy atom. The number of aliphatic hydroxyl groups excluding tert-OH is 20. The lowest BCUT2D eigenvalue weighted by molar-refractivity contribution is -0.404. The number of ether oxygens (including phenoxy) is 13. The summed E-state index contributed by atoms with van der Waals surface area (Å²) in [4.78, 5) is 25.4. The van der Waals surface area contributed by atoms with Gasteiger partial charge in [0.05, 0.1) is 45.7 Å². The first-order chi connectivity index (χ1) is 39.2. The van der Waals surface area contributed by atoms with Gasteiger partial charge in [-0.15, -0.1) is 0 Å². The third-order valence-corrected chi connectivity index (χ3v) is 15.3. The Morgan fingerprint density at radius 2 is 0.627 bits per heavy atom. The lowest BCUT2D eigenvalue weighted by Gasteiger charge is -2.52. The number of rotatable bonds is 20. The van der Waals surface area contributed by atoms with Crippen LogP contribution in [0.25, 0.3) is 0 Å². The summed E-state index contributed by atoms with van der Waals surface area (Å²) >= 11 is 0. The van der Waals surface area contributed by atoms with E-state index in [1.165, 1.54) is 6.92 Å². The van der Waals surface area contributed by atoms with Crippen LogP contribution in [-0.4, -0.2) is 368 Å². The second kappa shape index (κ2) is 29.3. The van der Waals surface area contributed by atoms with Gasteiger partial charge in [-0.25, -0.2) is 0 Å². The standard InChI is InChI=1S/C46H78N2O35/c1-10-21(57)25(61)29(65)42(71-10)82-38-20(48-12(3)56)40(70)72-17(8-53)36(38)80-41-19(47-11(2)55)24(60)34(15(6-51)75-41)78-46-33(69)39(37(18(9-54)77-46)81-44-31(67)27(63)23(59)14(5-50)74-44)83-45-32(68)28(64)35(16(7-52)76-45)79-43-30(66)26(62)22(58)13(4-49)73-43/h10,13-46,49-54,57-70H,4-9H2,1-3H3,(H,47,55)(H,48,56)/t10-,13+,14+,15+,16+,17+,18+,19+,20+,21+,22-,23-,24+,25+,26-,27-,28+,29-,30+,31+,32-,33-,34+,35+,36+,37+,38+,39+,40+,41-,42-,43+,44-,45+,46-/m0/s1. The zero-order valence-electron chi connectivity index (χ0n) is 44.5. The smallest absolute Gasteiger partial charge is 0.217 e. The molecule has 22 N–H and O–H groups in total. The van der Waals surface area contributed by atoms with Crippen molar-refractivity contribution in [2.75, 3.05) is 39.6 Å². The molecule has 2 amide bonds. The van der Waals surface area contributed by atoms with Crippen molar-refractivity contribution in [1.29, 1.82) is 0 Å². The molecule has 37 nitrogen and oxygen atoms in total. The number of amides is 2. The maximum absolute atomic E-state index is 12.9. The number of hydrogen-bond donors (Lipinski definition) is 22. The molecule has 7 aliphatic heterocycles. The molecule has 35 atom stereocenters. The van der Waals surface area contributed by atoms with Crippen LogP contribution >= 0.6 is 0 Å². The normalized spacial score (nSPS) is 50.8. The molecule has 7 fully saturated rings. The maximum atomic E-state index is 12.9. The van der Waals surface area contributed by atoms with E-state index >= 15 is 0 Å². The number of hydrogen-bond acceptors (Lipinski definition) is 35.